The summed E-state index contributed by atoms with van der Waals surface area (Å²) in [6.45, 7) is 1.74. The molecule has 224 valence electrons. The van der Waals surface area contributed by atoms with Crippen molar-refractivity contribution in [3.63, 3.8) is 0 Å². The van der Waals surface area contributed by atoms with Crippen LogP contribution < -0.4 is 16.0 Å². The van der Waals surface area contributed by atoms with Crippen LogP contribution in [0.3, 0.4) is 0 Å². The van der Waals surface area contributed by atoms with Crippen LogP contribution in [0.4, 0.5) is 13.2 Å². The first kappa shape index (κ1) is 31.1. The number of hydrogen-bond acceptors (Lipinski definition) is 5. The van der Waals surface area contributed by atoms with Gasteiger partial charge in [-0.3, -0.25) is 14.9 Å². The van der Waals surface area contributed by atoms with Crippen LogP contribution in [0.1, 0.15) is 49.4 Å². The number of benzene rings is 2. The van der Waals surface area contributed by atoms with Gasteiger partial charge in [-0.25, -0.2) is 4.68 Å². The van der Waals surface area contributed by atoms with Crippen LogP contribution in [-0.4, -0.2) is 39.6 Å². The van der Waals surface area contributed by atoms with Crippen molar-refractivity contribution in [2.45, 2.75) is 45.3 Å². The summed E-state index contributed by atoms with van der Waals surface area (Å²) in [6, 6.07) is 12.4. The molecule has 12 heteroatoms. The van der Waals surface area contributed by atoms with Crippen LogP contribution in [-0.2, 0) is 22.3 Å². The van der Waals surface area contributed by atoms with Gasteiger partial charge in [0.25, 0.3) is 0 Å². The fraction of sp³-hybridized carbons (Fsp3) is 0.258. The molecule has 4 rings (SSSR count). The van der Waals surface area contributed by atoms with E-state index in [0.29, 0.717) is 36.4 Å². The van der Waals surface area contributed by atoms with E-state index < -0.39 is 11.7 Å². The Hall–Kier alpha value is -4.84. The predicted molar refractivity (Wildman–Crippen MR) is 157 cm³/mol. The number of nitrogens with zero attached hydrogens (tertiary/aromatic N) is 3. The molecule has 0 atom stereocenters. The Balaban J connectivity index is 1.53. The smallest absolute Gasteiger partial charge is 0.359 e. The second-order valence-corrected chi connectivity index (χ2v) is 10.1. The Kier molecular flexibility index (Phi) is 10.0. The molecular formula is C31H33F3N7O2+. The highest BCUT2D eigenvalue weighted by Crippen LogP contribution is 2.31. The van der Waals surface area contributed by atoms with E-state index in [-0.39, 0.29) is 24.7 Å². The van der Waals surface area contributed by atoms with Crippen LogP contribution in [0.5, 0.6) is 0 Å². The van der Waals surface area contributed by atoms with Crippen LogP contribution in [0, 0.1) is 5.41 Å². The zero-order valence-electron chi connectivity index (χ0n) is 23.8. The van der Waals surface area contributed by atoms with Crippen LogP contribution >= 0.6 is 0 Å². The molecule has 2 aromatic carbocycles. The standard InChI is InChI=1S/C31H32F3N7O2/c1-20(42)37-18-27-19-41(40-39-27)28-14-12-26(13-15-28)38-29(17-25(35)11-16-30(43)36-2)23-5-3-21(4-6-23)22-7-9-24(10-8-22)31(32,33)34/h3-10,12,14,17,19,35,38H,11,13,15-16,18H2,1-2H3,(H,36,43)(H,37,42)/p+1/b29-17-,35-25?. The topological polar surface area (TPSA) is 129 Å². The van der Waals surface area contributed by atoms with Crippen molar-refractivity contribution in [1.82, 2.24) is 25.6 Å². The summed E-state index contributed by atoms with van der Waals surface area (Å²) in [4.78, 5) is 22.9. The van der Waals surface area contributed by atoms with E-state index in [0.717, 1.165) is 40.4 Å². The van der Waals surface area contributed by atoms with Crippen molar-refractivity contribution >= 4 is 28.9 Å². The van der Waals surface area contributed by atoms with Crippen LogP contribution in [0.25, 0.3) is 22.5 Å². The highest BCUT2D eigenvalue weighted by atomic mass is 19.4. The van der Waals surface area contributed by atoms with Crippen molar-refractivity contribution in [2.24, 2.45) is 0 Å². The minimum absolute atomic E-state index is 0.144. The average molecular weight is 593 g/mol. The third-order valence-corrected chi connectivity index (χ3v) is 6.85. The Morgan fingerprint density at radius 2 is 1.70 bits per heavy atom. The van der Waals surface area contributed by atoms with E-state index in [1.807, 2.05) is 41.7 Å². The Bertz CT molecular complexity index is 1570. The summed E-state index contributed by atoms with van der Waals surface area (Å²) in [5.41, 5.74) is 5.26. The maximum atomic E-state index is 13.0. The Morgan fingerprint density at radius 1 is 1.02 bits per heavy atom. The zero-order chi connectivity index (χ0) is 31.0. The molecule has 0 saturated heterocycles. The zero-order valence-corrected chi connectivity index (χ0v) is 23.8. The van der Waals surface area contributed by atoms with Crippen molar-refractivity contribution in [3.05, 3.63) is 95.5 Å². The number of nitrogens with two attached hydrogens (primary N) is 1. The largest absolute Gasteiger partial charge is 0.416 e. The molecule has 0 bridgehead atoms. The van der Waals surface area contributed by atoms with Gasteiger partial charge >= 0.3 is 6.18 Å². The van der Waals surface area contributed by atoms with E-state index >= 15 is 0 Å². The van der Waals surface area contributed by atoms with Gasteiger partial charge in [0.05, 0.1) is 18.3 Å². The monoisotopic (exact) mass is 592 g/mol. The summed E-state index contributed by atoms with van der Waals surface area (Å²) >= 11 is 0. The second kappa shape index (κ2) is 13.9. The fourth-order valence-electron chi connectivity index (χ4n) is 4.44. The summed E-state index contributed by atoms with van der Waals surface area (Å²) in [5, 5.41) is 24.0. The van der Waals surface area contributed by atoms with Crippen molar-refractivity contribution < 1.29 is 28.1 Å². The number of halogens is 3. The first-order valence-corrected chi connectivity index (χ1v) is 13.7. The van der Waals surface area contributed by atoms with Gasteiger partial charge in [0.1, 0.15) is 17.1 Å². The molecule has 0 radical (unpaired) electrons. The van der Waals surface area contributed by atoms with Gasteiger partial charge in [-0.1, -0.05) is 29.5 Å². The molecular weight excluding hydrogens is 559 g/mol. The summed E-state index contributed by atoms with van der Waals surface area (Å²) in [5.74, 6) is -0.292. The average Bonchev–Trinajstić information content (AvgIpc) is 3.48. The highest BCUT2D eigenvalue weighted by molar-refractivity contribution is 5.99. The number of hydrogen-bond donors (Lipinski definition) is 4. The number of alkyl halides is 3. The maximum Gasteiger partial charge on any atom is 0.416 e. The van der Waals surface area contributed by atoms with E-state index in [1.54, 1.807) is 24.0 Å². The number of amides is 2. The Morgan fingerprint density at radius 3 is 2.28 bits per heavy atom. The van der Waals surface area contributed by atoms with Gasteiger partial charge in [0.2, 0.25) is 11.8 Å². The molecule has 1 aliphatic rings. The Labute approximate surface area is 247 Å². The van der Waals surface area contributed by atoms with Gasteiger partial charge in [-0.05, 0) is 60.4 Å². The molecule has 0 spiro atoms. The number of allylic oxidation sites excluding steroid dienone is 5. The van der Waals surface area contributed by atoms with E-state index in [9.17, 15) is 22.8 Å². The van der Waals surface area contributed by atoms with Gasteiger partial charge in [0.15, 0.2) is 0 Å². The minimum atomic E-state index is -4.39. The van der Waals surface area contributed by atoms with E-state index in [4.69, 9.17) is 5.41 Å². The SMILES string of the molecule is CNC(=O)CCC(=N)/C=C(\[NH2+]C1=CC=C(n2cc(CNC(C)=O)nn2)CC1)c1ccc(-c2ccc(C(F)(F)F)cc2)cc1. The molecule has 5 N–H and O–H groups in total. The number of rotatable bonds is 11. The van der Waals surface area contributed by atoms with Gasteiger partial charge in [-0.15, -0.1) is 5.10 Å². The molecule has 1 aromatic heterocycles. The second-order valence-electron chi connectivity index (χ2n) is 10.1. The van der Waals surface area contributed by atoms with Crippen molar-refractivity contribution in [1.29, 1.82) is 5.41 Å². The van der Waals surface area contributed by atoms with Crippen molar-refractivity contribution in [3.8, 4) is 11.1 Å². The molecule has 9 nitrogen and oxygen atoms in total. The quantitative estimate of drug-likeness (QED) is 0.248. The normalized spacial score (nSPS) is 13.7. The third-order valence-electron chi connectivity index (χ3n) is 6.85. The molecule has 0 aliphatic heterocycles. The molecule has 43 heavy (non-hydrogen) atoms. The number of aromatic nitrogens is 3. The molecule has 3 aromatic rings. The van der Waals surface area contributed by atoms with Crippen LogP contribution in [0.2, 0.25) is 0 Å². The first-order valence-electron chi connectivity index (χ1n) is 13.7. The summed E-state index contributed by atoms with van der Waals surface area (Å²) in [7, 11) is 1.56. The van der Waals surface area contributed by atoms with E-state index in [2.05, 4.69) is 20.9 Å². The number of nitrogens with one attached hydrogen (secondary N) is 3. The number of carbonyl (C=O) groups excluding carboxylic acids is 2. The van der Waals surface area contributed by atoms with Gasteiger partial charge < -0.3 is 16.0 Å². The molecule has 1 aliphatic carbocycles. The molecule has 0 unspecified atom stereocenters. The lowest BCUT2D eigenvalue weighted by molar-refractivity contribution is -0.511. The minimum Gasteiger partial charge on any atom is -0.359 e. The fourth-order valence-corrected chi connectivity index (χ4v) is 4.44. The number of quaternary nitrogens is 1. The van der Waals surface area contributed by atoms with E-state index in [1.165, 1.54) is 19.1 Å². The maximum absolute atomic E-state index is 13.0. The summed E-state index contributed by atoms with van der Waals surface area (Å²) in [6.07, 6.45) is 4.93. The number of carbonyl (C=O) groups is 2. The van der Waals surface area contributed by atoms with Gasteiger partial charge in [0, 0.05) is 49.9 Å². The lowest BCUT2D eigenvalue weighted by Gasteiger charge is -2.15. The van der Waals surface area contributed by atoms with Crippen LogP contribution in [0.15, 0.2) is 78.7 Å². The molecule has 1 heterocycles. The summed E-state index contributed by atoms with van der Waals surface area (Å²) < 4.78 is 40.6. The lowest BCUT2D eigenvalue weighted by Crippen LogP contribution is -2.79. The molecule has 0 saturated carbocycles. The third kappa shape index (κ3) is 8.82. The molecule has 0 fully saturated rings. The first-order chi connectivity index (χ1) is 20.5. The van der Waals surface area contributed by atoms with Crippen molar-refractivity contribution in [2.75, 3.05) is 7.05 Å². The predicted octanol–water partition coefficient (Wildman–Crippen LogP) is 4.27. The lowest BCUT2D eigenvalue weighted by atomic mass is 10.00. The highest BCUT2D eigenvalue weighted by Gasteiger charge is 2.30. The van der Waals surface area contributed by atoms with Gasteiger partial charge in [-0.2, -0.15) is 13.2 Å². The molecule has 2 amide bonds.